The van der Waals surface area contributed by atoms with E-state index < -0.39 is 0 Å². The van der Waals surface area contributed by atoms with Gasteiger partial charge in [0.15, 0.2) is 0 Å². The Labute approximate surface area is 163 Å². The van der Waals surface area contributed by atoms with Crippen LogP contribution in [0.25, 0.3) is 0 Å². The lowest BCUT2D eigenvalue weighted by molar-refractivity contribution is -0.113. The zero-order valence-electron chi connectivity index (χ0n) is 14.3. The SMILES string of the molecule is CSc1ccccc1NC(=O)CSc1nnc(N/N=C/c2ccco2)n1N. The minimum atomic E-state index is -0.158. The number of aromatic nitrogens is 3. The summed E-state index contributed by atoms with van der Waals surface area (Å²) < 4.78 is 6.35. The molecule has 0 atom stereocenters. The van der Waals surface area contributed by atoms with Crippen LogP contribution in [0.1, 0.15) is 5.76 Å². The number of rotatable bonds is 8. The number of benzene rings is 1. The third-order valence-electron chi connectivity index (χ3n) is 3.28. The van der Waals surface area contributed by atoms with E-state index in [1.807, 2.05) is 30.5 Å². The van der Waals surface area contributed by atoms with Crippen LogP contribution in [-0.2, 0) is 4.79 Å². The zero-order valence-corrected chi connectivity index (χ0v) is 16.0. The van der Waals surface area contributed by atoms with Gasteiger partial charge in [0.1, 0.15) is 5.76 Å². The third kappa shape index (κ3) is 5.05. The number of nitrogens with two attached hydrogens (primary N) is 1. The second kappa shape index (κ2) is 9.14. The summed E-state index contributed by atoms with van der Waals surface area (Å²) in [5, 5.41) is 15.1. The molecule has 0 radical (unpaired) electrons. The third-order valence-corrected chi connectivity index (χ3v) is 5.02. The normalized spacial score (nSPS) is 11.0. The van der Waals surface area contributed by atoms with E-state index in [1.165, 1.54) is 22.7 Å². The van der Waals surface area contributed by atoms with Gasteiger partial charge in [0.05, 0.1) is 23.9 Å². The number of nitrogen functional groups attached to an aromatic ring is 1. The minimum absolute atomic E-state index is 0.147. The number of hydrazone groups is 1. The highest BCUT2D eigenvalue weighted by Gasteiger charge is 2.13. The molecule has 0 aliphatic carbocycles. The molecule has 0 bridgehead atoms. The molecule has 0 aliphatic heterocycles. The summed E-state index contributed by atoms with van der Waals surface area (Å²) >= 11 is 2.74. The van der Waals surface area contributed by atoms with Crippen molar-refractivity contribution in [3.05, 3.63) is 48.4 Å². The van der Waals surface area contributed by atoms with Crippen LogP contribution in [0.4, 0.5) is 11.6 Å². The van der Waals surface area contributed by atoms with Crippen LogP contribution in [0.2, 0.25) is 0 Å². The fourth-order valence-corrected chi connectivity index (χ4v) is 3.24. The molecule has 0 spiro atoms. The molecule has 1 amide bonds. The van der Waals surface area contributed by atoms with Crippen LogP contribution in [0, 0.1) is 0 Å². The van der Waals surface area contributed by atoms with Gasteiger partial charge in [-0.05, 0) is 30.5 Å². The highest BCUT2D eigenvalue weighted by atomic mass is 32.2. The predicted octanol–water partition coefficient (Wildman–Crippen LogP) is 2.48. The van der Waals surface area contributed by atoms with Crippen LogP contribution in [0.3, 0.4) is 0 Å². The number of nitrogens with one attached hydrogen (secondary N) is 2. The molecule has 0 saturated carbocycles. The van der Waals surface area contributed by atoms with Gasteiger partial charge in [-0.1, -0.05) is 23.9 Å². The standard InChI is InChI=1S/C16H17N7O2S2/c1-26-13-7-3-2-6-12(13)19-14(24)10-27-16-22-21-15(23(16)17)20-18-9-11-5-4-8-25-11/h2-9H,10,17H2,1H3,(H,19,24)(H,20,21)/b18-9+. The molecule has 9 nitrogen and oxygen atoms in total. The van der Waals surface area contributed by atoms with Crippen molar-refractivity contribution >= 4 is 47.3 Å². The lowest BCUT2D eigenvalue weighted by Crippen LogP contribution is -2.17. The van der Waals surface area contributed by atoms with Crippen molar-refractivity contribution in [2.45, 2.75) is 10.1 Å². The zero-order chi connectivity index (χ0) is 19.1. The summed E-state index contributed by atoms with van der Waals surface area (Å²) in [5.41, 5.74) is 3.45. The maximum Gasteiger partial charge on any atom is 0.264 e. The number of thioether (sulfide) groups is 2. The monoisotopic (exact) mass is 403 g/mol. The number of carbonyl (C=O) groups excluding carboxylic acids is 1. The van der Waals surface area contributed by atoms with Gasteiger partial charge in [-0.15, -0.1) is 22.0 Å². The van der Waals surface area contributed by atoms with E-state index in [-0.39, 0.29) is 17.6 Å². The molecule has 2 aromatic heterocycles. The number of amides is 1. The van der Waals surface area contributed by atoms with Gasteiger partial charge in [0.25, 0.3) is 5.95 Å². The summed E-state index contributed by atoms with van der Waals surface area (Å²) in [6.45, 7) is 0. The maximum atomic E-state index is 12.2. The molecule has 2 heterocycles. The molecule has 0 saturated heterocycles. The minimum Gasteiger partial charge on any atom is -0.463 e. The number of carbonyl (C=O) groups is 1. The molecule has 3 aromatic rings. The van der Waals surface area contributed by atoms with Crippen molar-refractivity contribution in [2.24, 2.45) is 5.10 Å². The molecule has 11 heteroatoms. The Morgan fingerprint density at radius 2 is 2.19 bits per heavy atom. The fraction of sp³-hybridized carbons (Fsp3) is 0.125. The summed E-state index contributed by atoms with van der Waals surface area (Å²) in [6, 6.07) is 11.1. The lowest BCUT2D eigenvalue weighted by Gasteiger charge is -2.08. The van der Waals surface area contributed by atoms with Crippen LogP contribution in [0.15, 0.2) is 62.2 Å². The quantitative estimate of drug-likeness (QED) is 0.227. The first-order valence-corrected chi connectivity index (χ1v) is 9.97. The number of para-hydroxylation sites is 1. The Balaban J connectivity index is 1.53. The number of furan rings is 1. The Morgan fingerprint density at radius 1 is 1.33 bits per heavy atom. The molecule has 3 rings (SSSR count). The van der Waals surface area contributed by atoms with Crippen LogP contribution in [0.5, 0.6) is 0 Å². The van der Waals surface area contributed by atoms with E-state index in [0.717, 1.165) is 10.6 Å². The van der Waals surface area contributed by atoms with Crippen molar-refractivity contribution in [2.75, 3.05) is 28.6 Å². The van der Waals surface area contributed by atoms with Crippen molar-refractivity contribution in [3.8, 4) is 0 Å². The fourth-order valence-electron chi connectivity index (χ4n) is 2.03. The van der Waals surface area contributed by atoms with Crippen LogP contribution >= 0.6 is 23.5 Å². The Morgan fingerprint density at radius 3 is 2.96 bits per heavy atom. The average Bonchev–Trinajstić information content (AvgIpc) is 3.31. The van der Waals surface area contributed by atoms with E-state index in [4.69, 9.17) is 10.3 Å². The molecule has 1 aromatic carbocycles. The van der Waals surface area contributed by atoms with E-state index in [0.29, 0.717) is 10.9 Å². The van der Waals surface area contributed by atoms with Gasteiger partial charge < -0.3 is 15.6 Å². The molecular weight excluding hydrogens is 386 g/mol. The smallest absolute Gasteiger partial charge is 0.264 e. The highest BCUT2D eigenvalue weighted by molar-refractivity contribution is 7.99. The van der Waals surface area contributed by atoms with Gasteiger partial charge in [0.2, 0.25) is 11.1 Å². The van der Waals surface area contributed by atoms with E-state index in [1.54, 1.807) is 30.2 Å². The molecule has 27 heavy (non-hydrogen) atoms. The molecule has 4 N–H and O–H groups in total. The van der Waals surface area contributed by atoms with Crippen molar-refractivity contribution in [1.29, 1.82) is 0 Å². The van der Waals surface area contributed by atoms with E-state index in [2.05, 4.69) is 26.0 Å². The molecule has 0 fully saturated rings. The lowest BCUT2D eigenvalue weighted by atomic mass is 10.3. The summed E-state index contributed by atoms with van der Waals surface area (Å²) in [6.07, 6.45) is 4.99. The topological polar surface area (TPSA) is 123 Å². The van der Waals surface area contributed by atoms with Gasteiger partial charge >= 0.3 is 0 Å². The molecule has 0 aliphatic rings. The summed E-state index contributed by atoms with van der Waals surface area (Å²) in [7, 11) is 0. The first-order valence-electron chi connectivity index (χ1n) is 7.76. The summed E-state index contributed by atoms with van der Waals surface area (Å²) in [4.78, 5) is 13.2. The first kappa shape index (κ1) is 18.9. The highest BCUT2D eigenvalue weighted by Crippen LogP contribution is 2.25. The molecule has 140 valence electrons. The van der Waals surface area contributed by atoms with Crippen LogP contribution in [-0.4, -0.2) is 39.0 Å². The molecular formula is C16H17N7O2S2. The first-order chi connectivity index (χ1) is 13.2. The number of hydrogen-bond donors (Lipinski definition) is 3. The van der Waals surface area contributed by atoms with Crippen LogP contribution < -0.4 is 16.6 Å². The predicted molar refractivity (Wildman–Crippen MR) is 108 cm³/mol. The number of anilines is 2. The maximum absolute atomic E-state index is 12.2. The van der Waals surface area contributed by atoms with Gasteiger partial charge in [-0.2, -0.15) is 5.10 Å². The van der Waals surface area contributed by atoms with Gasteiger partial charge in [-0.3, -0.25) is 4.79 Å². The van der Waals surface area contributed by atoms with Gasteiger partial charge in [-0.25, -0.2) is 10.1 Å². The van der Waals surface area contributed by atoms with Crippen molar-refractivity contribution in [3.63, 3.8) is 0 Å². The van der Waals surface area contributed by atoms with E-state index in [9.17, 15) is 4.79 Å². The van der Waals surface area contributed by atoms with Crippen molar-refractivity contribution < 1.29 is 9.21 Å². The van der Waals surface area contributed by atoms with Gasteiger partial charge in [0, 0.05) is 4.90 Å². The molecule has 0 unspecified atom stereocenters. The Bertz CT molecular complexity index is 925. The largest absolute Gasteiger partial charge is 0.463 e. The van der Waals surface area contributed by atoms with E-state index >= 15 is 0 Å². The second-order valence-electron chi connectivity index (χ2n) is 5.10. The number of hydrogen-bond acceptors (Lipinski definition) is 9. The Kier molecular flexibility index (Phi) is 6.39. The average molecular weight is 403 g/mol. The van der Waals surface area contributed by atoms with Crippen molar-refractivity contribution in [1.82, 2.24) is 14.9 Å². The second-order valence-corrected chi connectivity index (χ2v) is 6.89. The number of nitrogens with zero attached hydrogens (tertiary/aromatic N) is 4. The summed E-state index contributed by atoms with van der Waals surface area (Å²) in [5.74, 6) is 6.74. The Hall–Kier alpha value is -2.92.